The van der Waals surface area contributed by atoms with E-state index in [9.17, 15) is 4.79 Å². The molecule has 6 heteroatoms. The smallest absolute Gasteiger partial charge is 0.328 e. The lowest BCUT2D eigenvalue weighted by atomic mass is 10.3. The van der Waals surface area contributed by atoms with Gasteiger partial charge in [0.15, 0.2) is 6.04 Å². The highest BCUT2D eigenvalue weighted by molar-refractivity contribution is 5.76. The standard InChI is InChI=1S/C9H15N3O3/c1-3-12-5-4-10-9(12)11-7(6-15-2)8(13)14/h4-5,7H,3,6H2,1-2H3,(H,10,11)(H,13,14). The van der Waals surface area contributed by atoms with Crippen LogP contribution < -0.4 is 5.32 Å². The SMILES string of the molecule is CCn1ccnc1NC(COC)C(=O)O. The zero-order valence-corrected chi connectivity index (χ0v) is 8.80. The monoisotopic (exact) mass is 213 g/mol. The zero-order valence-electron chi connectivity index (χ0n) is 8.80. The zero-order chi connectivity index (χ0) is 11.3. The molecule has 0 aliphatic carbocycles. The minimum Gasteiger partial charge on any atom is -0.480 e. The summed E-state index contributed by atoms with van der Waals surface area (Å²) in [5, 5.41) is 11.7. The van der Waals surface area contributed by atoms with Crippen LogP contribution in [0, 0.1) is 0 Å². The minimum absolute atomic E-state index is 0.103. The van der Waals surface area contributed by atoms with Crippen molar-refractivity contribution in [3.63, 3.8) is 0 Å². The molecule has 0 saturated heterocycles. The largest absolute Gasteiger partial charge is 0.480 e. The molecule has 1 heterocycles. The summed E-state index contributed by atoms with van der Waals surface area (Å²) in [6.07, 6.45) is 3.41. The Balaban J connectivity index is 2.69. The lowest BCUT2D eigenvalue weighted by Gasteiger charge is -2.14. The lowest BCUT2D eigenvalue weighted by Crippen LogP contribution is -2.34. The van der Waals surface area contributed by atoms with Gasteiger partial charge in [-0.15, -0.1) is 0 Å². The fraction of sp³-hybridized carbons (Fsp3) is 0.556. The summed E-state index contributed by atoms with van der Waals surface area (Å²) < 4.78 is 6.63. The predicted octanol–water partition coefficient (Wildman–Crippen LogP) is 0.414. The van der Waals surface area contributed by atoms with Gasteiger partial charge in [-0.3, -0.25) is 0 Å². The van der Waals surface area contributed by atoms with Crippen molar-refractivity contribution >= 4 is 11.9 Å². The Morgan fingerprint density at radius 1 is 1.80 bits per heavy atom. The maximum absolute atomic E-state index is 10.8. The molecule has 0 saturated carbocycles. The summed E-state index contributed by atoms with van der Waals surface area (Å²) in [5.41, 5.74) is 0. The van der Waals surface area contributed by atoms with Gasteiger partial charge in [-0.05, 0) is 6.92 Å². The van der Waals surface area contributed by atoms with Crippen LogP contribution in [0.15, 0.2) is 12.4 Å². The molecular weight excluding hydrogens is 198 g/mol. The van der Waals surface area contributed by atoms with Gasteiger partial charge in [0.2, 0.25) is 5.95 Å². The number of aryl methyl sites for hydroxylation is 1. The molecule has 1 aromatic rings. The van der Waals surface area contributed by atoms with Crippen LogP contribution in [0.5, 0.6) is 0 Å². The molecule has 1 atom stereocenters. The highest BCUT2D eigenvalue weighted by atomic mass is 16.5. The van der Waals surface area contributed by atoms with Crippen LogP contribution >= 0.6 is 0 Å². The van der Waals surface area contributed by atoms with Crippen molar-refractivity contribution in [1.82, 2.24) is 9.55 Å². The normalized spacial score (nSPS) is 12.4. The number of hydrogen-bond donors (Lipinski definition) is 2. The maximum Gasteiger partial charge on any atom is 0.328 e. The first kappa shape index (κ1) is 11.5. The van der Waals surface area contributed by atoms with Crippen molar-refractivity contribution in [3.8, 4) is 0 Å². The second-order valence-electron chi connectivity index (χ2n) is 3.03. The second kappa shape index (κ2) is 5.35. The Kier molecular flexibility index (Phi) is 4.11. The molecular formula is C9H15N3O3. The van der Waals surface area contributed by atoms with Crippen LogP contribution in [-0.2, 0) is 16.1 Å². The molecule has 0 aliphatic rings. The summed E-state index contributed by atoms with van der Waals surface area (Å²) in [4.78, 5) is 14.9. The third-order valence-electron chi connectivity index (χ3n) is 1.99. The van der Waals surface area contributed by atoms with E-state index in [1.54, 1.807) is 12.4 Å². The summed E-state index contributed by atoms with van der Waals surface area (Å²) in [5.74, 6) is -0.413. The first-order chi connectivity index (χ1) is 7.19. The van der Waals surface area contributed by atoms with Crippen LogP contribution in [0.2, 0.25) is 0 Å². The number of methoxy groups -OCH3 is 1. The Hall–Kier alpha value is -1.56. The van der Waals surface area contributed by atoms with Gasteiger partial charge in [0.25, 0.3) is 0 Å². The van der Waals surface area contributed by atoms with Crippen LogP contribution in [0.4, 0.5) is 5.95 Å². The average molecular weight is 213 g/mol. The number of anilines is 1. The number of imidazole rings is 1. The number of carbonyl (C=O) groups is 1. The van der Waals surface area contributed by atoms with Crippen LogP contribution in [0.3, 0.4) is 0 Å². The Bertz CT molecular complexity index is 324. The summed E-state index contributed by atoms with van der Waals surface area (Å²) in [7, 11) is 1.46. The number of rotatable bonds is 6. The van der Waals surface area contributed by atoms with Gasteiger partial charge in [-0.1, -0.05) is 0 Å². The molecule has 0 radical (unpaired) electrons. The third kappa shape index (κ3) is 2.95. The highest BCUT2D eigenvalue weighted by Gasteiger charge is 2.18. The van der Waals surface area contributed by atoms with E-state index >= 15 is 0 Å². The van der Waals surface area contributed by atoms with Gasteiger partial charge in [0, 0.05) is 26.0 Å². The molecule has 2 N–H and O–H groups in total. The van der Waals surface area contributed by atoms with Crippen LogP contribution in [-0.4, -0.2) is 40.4 Å². The molecule has 1 unspecified atom stereocenters. The molecule has 6 nitrogen and oxygen atoms in total. The lowest BCUT2D eigenvalue weighted by molar-refractivity contribution is -0.139. The van der Waals surface area contributed by atoms with Crippen molar-refractivity contribution in [2.45, 2.75) is 19.5 Å². The van der Waals surface area contributed by atoms with Crippen molar-refractivity contribution in [2.75, 3.05) is 19.0 Å². The first-order valence-electron chi connectivity index (χ1n) is 4.68. The van der Waals surface area contributed by atoms with Gasteiger partial charge >= 0.3 is 5.97 Å². The Morgan fingerprint density at radius 2 is 2.53 bits per heavy atom. The number of ether oxygens (including phenoxy) is 1. The average Bonchev–Trinajstić information content (AvgIpc) is 2.64. The number of hydrogen-bond acceptors (Lipinski definition) is 4. The van der Waals surface area contributed by atoms with E-state index < -0.39 is 12.0 Å². The minimum atomic E-state index is -0.956. The van der Waals surface area contributed by atoms with Gasteiger partial charge in [0.1, 0.15) is 0 Å². The van der Waals surface area contributed by atoms with E-state index in [1.807, 2.05) is 11.5 Å². The van der Waals surface area contributed by atoms with E-state index in [2.05, 4.69) is 10.3 Å². The van der Waals surface area contributed by atoms with Crippen molar-refractivity contribution in [3.05, 3.63) is 12.4 Å². The third-order valence-corrected chi connectivity index (χ3v) is 1.99. The quantitative estimate of drug-likeness (QED) is 0.716. The number of carboxylic acids is 1. The van der Waals surface area contributed by atoms with Gasteiger partial charge in [0.05, 0.1) is 6.61 Å². The molecule has 1 rings (SSSR count). The van der Waals surface area contributed by atoms with E-state index in [4.69, 9.17) is 9.84 Å². The van der Waals surface area contributed by atoms with E-state index in [0.29, 0.717) is 5.95 Å². The van der Waals surface area contributed by atoms with Crippen molar-refractivity contribution in [2.24, 2.45) is 0 Å². The topological polar surface area (TPSA) is 76.4 Å². The van der Waals surface area contributed by atoms with E-state index in [0.717, 1.165) is 6.54 Å². The number of aliphatic carboxylic acids is 1. The van der Waals surface area contributed by atoms with Crippen LogP contribution in [0.25, 0.3) is 0 Å². The summed E-state index contributed by atoms with van der Waals surface area (Å²) in [6.45, 7) is 2.80. The van der Waals surface area contributed by atoms with Crippen molar-refractivity contribution < 1.29 is 14.6 Å². The molecule has 0 aliphatic heterocycles. The molecule has 1 aromatic heterocycles. The molecule has 84 valence electrons. The molecule has 0 aromatic carbocycles. The van der Waals surface area contributed by atoms with Crippen LogP contribution in [0.1, 0.15) is 6.92 Å². The highest BCUT2D eigenvalue weighted by Crippen LogP contribution is 2.06. The molecule has 0 amide bonds. The summed E-state index contributed by atoms with van der Waals surface area (Å²) in [6, 6.07) is -0.775. The second-order valence-corrected chi connectivity index (χ2v) is 3.03. The van der Waals surface area contributed by atoms with Crippen molar-refractivity contribution in [1.29, 1.82) is 0 Å². The maximum atomic E-state index is 10.8. The Labute approximate surface area is 87.9 Å². The fourth-order valence-electron chi connectivity index (χ4n) is 1.20. The van der Waals surface area contributed by atoms with E-state index in [-0.39, 0.29) is 6.61 Å². The molecule has 0 bridgehead atoms. The number of nitrogens with one attached hydrogen (secondary N) is 1. The van der Waals surface area contributed by atoms with Gasteiger partial charge < -0.3 is 19.7 Å². The number of nitrogens with zero attached hydrogens (tertiary/aromatic N) is 2. The Morgan fingerprint density at radius 3 is 3.07 bits per heavy atom. The fourth-order valence-corrected chi connectivity index (χ4v) is 1.20. The van der Waals surface area contributed by atoms with Gasteiger partial charge in [-0.2, -0.15) is 0 Å². The summed E-state index contributed by atoms with van der Waals surface area (Å²) >= 11 is 0. The van der Waals surface area contributed by atoms with Gasteiger partial charge in [-0.25, -0.2) is 9.78 Å². The number of carboxylic acid groups (broad SMARTS) is 1. The number of aromatic nitrogens is 2. The molecule has 0 fully saturated rings. The first-order valence-corrected chi connectivity index (χ1v) is 4.68. The molecule has 15 heavy (non-hydrogen) atoms. The van der Waals surface area contributed by atoms with E-state index in [1.165, 1.54) is 7.11 Å². The predicted molar refractivity (Wildman–Crippen MR) is 54.8 cm³/mol. The molecule has 0 spiro atoms.